The Labute approximate surface area is 196 Å². The summed E-state index contributed by atoms with van der Waals surface area (Å²) >= 11 is 0. The maximum atomic E-state index is 14.5. The quantitative estimate of drug-likeness (QED) is 0.454. The summed E-state index contributed by atoms with van der Waals surface area (Å²) in [7, 11) is 0. The highest BCUT2D eigenvalue weighted by Gasteiger charge is 2.21. The molecular weight excluding hydrogens is 456 g/mol. The molecule has 1 aliphatic rings. The SMILES string of the molecule is CCn1c(-c2nonc2N)nc2cncc(-c3ccc(F)c(CN4CCCC4)c3)c21.Cl.Cl. The maximum absolute atomic E-state index is 14.5. The number of anilines is 1. The average Bonchev–Trinajstić information content (AvgIpc) is 3.48. The highest BCUT2D eigenvalue weighted by molar-refractivity contribution is 5.94. The molecule has 4 heterocycles. The van der Waals surface area contributed by atoms with E-state index in [1.54, 1.807) is 18.5 Å². The van der Waals surface area contributed by atoms with Crippen molar-refractivity contribution in [2.45, 2.75) is 32.9 Å². The van der Waals surface area contributed by atoms with Gasteiger partial charge in [-0.2, -0.15) is 0 Å². The fourth-order valence-electron chi connectivity index (χ4n) is 4.18. The molecule has 2 N–H and O–H groups in total. The number of fused-ring (bicyclic) bond motifs is 1. The van der Waals surface area contributed by atoms with E-state index in [0.717, 1.165) is 29.7 Å². The topological polar surface area (TPSA) is 98.9 Å². The fourth-order valence-corrected chi connectivity index (χ4v) is 4.18. The molecule has 1 saturated heterocycles. The minimum absolute atomic E-state index is 0. The van der Waals surface area contributed by atoms with E-state index in [1.165, 1.54) is 18.9 Å². The van der Waals surface area contributed by atoms with Crippen molar-refractivity contribution in [1.29, 1.82) is 0 Å². The number of aryl methyl sites for hydroxylation is 1. The molecule has 5 rings (SSSR count). The molecule has 8 nitrogen and oxygen atoms in total. The molecule has 0 bridgehead atoms. The second-order valence-corrected chi connectivity index (χ2v) is 7.52. The highest BCUT2D eigenvalue weighted by atomic mass is 35.5. The predicted molar refractivity (Wildman–Crippen MR) is 125 cm³/mol. The number of pyridine rings is 1. The lowest BCUT2D eigenvalue weighted by Gasteiger charge is -2.16. The third-order valence-corrected chi connectivity index (χ3v) is 5.64. The van der Waals surface area contributed by atoms with Crippen LogP contribution in [0.5, 0.6) is 0 Å². The summed E-state index contributed by atoms with van der Waals surface area (Å²) in [6.45, 7) is 5.29. The summed E-state index contributed by atoms with van der Waals surface area (Å²) in [4.78, 5) is 11.3. The lowest BCUT2D eigenvalue weighted by atomic mass is 10.0. The predicted octanol–water partition coefficient (Wildman–Crippen LogP) is 4.33. The zero-order valence-corrected chi connectivity index (χ0v) is 19.1. The zero-order valence-electron chi connectivity index (χ0n) is 17.5. The van der Waals surface area contributed by atoms with E-state index < -0.39 is 0 Å². The molecule has 3 aromatic heterocycles. The Kier molecular flexibility index (Phi) is 7.33. The summed E-state index contributed by atoms with van der Waals surface area (Å²) in [5.74, 6) is 0.570. The van der Waals surface area contributed by atoms with E-state index in [2.05, 4.69) is 25.2 Å². The first-order valence-corrected chi connectivity index (χ1v) is 10.1. The largest absolute Gasteiger partial charge is 0.379 e. The Bertz CT molecular complexity index is 1220. The van der Waals surface area contributed by atoms with Crippen LogP contribution >= 0.6 is 24.8 Å². The van der Waals surface area contributed by atoms with Crippen molar-refractivity contribution in [1.82, 2.24) is 29.7 Å². The molecule has 170 valence electrons. The van der Waals surface area contributed by atoms with E-state index in [-0.39, 0.29) is 36.4 Å². The fraction of sp³-hybridized carbons (Fsp3) is 0.333. The van der Waals surface area contributed by atoms with Crippen molar-refractivity contribution >= 4 is 41.7 Å². The molecule has 0 amide bonds. The van der Waals surface area contributed by atoms with E-state index in [9.17, 15) is 4.39 Å². The van der Waals surface area contributed by atoms with E-state index in [4.69, 9.17) is 10.4 Å². The Morgan fingerprint density at radius 3 is 2.59 bits per heavy atom. The number of hydrogen-bond donors (Lipinski definition) is 1. The van der Waals surface area contributed by atoms with Gasteiger partial charge in [0.25, 0.3) is 0 Å². The van der Waals surface area contributed by atoms with Crippen LogP contribution in [0.25, 0.3) is 33.7 Å². The third-order valence-electron chi connectivity index (χ3n) is 5.64. The second kappa shape index (κ2) is 9.81. The molecule has 0 radical (unpaired) electrons. The average molecular weight is 480 g/mol. The summed E-state index contributed by atoms with van der Waals surface area (Å²) in [5.41, 5.74) is 10.4. The molecule has 0 aliphatic carbocycles. The first kappa shape index (κ1) is 23.9. The molecule has 1 fully saturated rings. The van der Waals surface area contributed by atoms with Crippen LogP contribution in [-0.4, -0.2) is 42.8 Å². The van der Waals surface area contributed by atoms with Crippen LogP contribution in [0.4, 0.5) is 10.2 Å². The van der Waals surface area contributed by atoms with Gasteiger partial charge >= 0.3 is 0 Å². The van der Waals surface area contributed by atoms with Crippen molar-refractivity contribution in [3.8, 4) is 22.6 Å². The zero-order chi connectivity index (χ0) is 20.7. The Hall–Kier alpha value is -2.75. The van der Waals surface area contributed by atoms with Crippen LogP contribution in [-0.2, 0) is 13.1 Å². The van der Waals surface area contributed by atoms with Gasteiger partial charge in [0.1, 0.15) is 11.3 Å². The number of rotatable bonds is 5. The number of imidazole rings is 1. The van der Waals surface area contributed by atoms with E-state index in [1.807, 2.05) is 17.6 Å². The molecule has 1 aliphatic heterocycles. The normalized spacial score (nSPS) is 13.8. The molecule has 0 unspecified atom stereocenters. The van der Waals surface area contributed by atoms with Gasteiger partial charge in [-0.05, 0) is 60.9 Å². The van der Waals surface area contributed by atoms with Gasteiger partial charge in [0.05, 0.1) is 11.7 Å². The molecule has 1 aromatic carbocycles. The van der Waals surface area contributed by atoms with Gasteiger partial charge in [0.2, 0.25) is 0 Å². The first-order valence-electron chi connectivity index (χ1n) is 10.1. The summed E-state index contributed by atoms with van der Waals surface area (Å²) in [5, 5.41) is 7.57. The van der Waals surface area contributed by atoms with Crippen molar-refractivity contribution < 1.29 is 9.02 Å². The van der Waals surface area contributed by atoms with Crippen LogP contribution in [0.3, 0.4) is 0 Å². The number of likely N-dealkylation sites (tertiary alicyclic amines) is 1. The monoisotopic (exact) mass is 479 g/mol. The number of nitrogens with zero attached hydrogens (tertiary/aromatic N) is 6. The molecule has 0 atom stereocenters. The highest BCUT2D eigenvalue weighted by Crippen LogP contribution is 2.33. The number of aromatic nitrogens is 5. The van der Waals surface area contributed by atoms with Crippen LogP contribution in [0.1, 0.15) is 25.3 Å². The summed E-state index contributed by atoms with van der Waals surface area (Å²) < 4.78 is 21.3. The standard InChI is InChI=1S/C21H22FN7O.2ClH/c1-2-29-19-15(10-24-11-17(19)25-21(29)18-20(23)27-30-26-18)13-5-6-16(22)14(9-13)12-28-7-3-4-8-28;;/h5-6,9-11H,2-4,7-8,12H2,1H3,(H2,23,27);2*1H. The minimum Gasteiger partial charge on any atom is -0.379 e. The number of halogens is 3. The van der Waals surface area contributed by atoms with E-state index >= 15 is 0 Å². The number of nitrogen functional groups attached to an aromatic ring is 1. The van der Waals surface area contributed by atoms with Crippen molar-refractivity contribution in [2.75, 3.05) is 18.8 Å². The van der Waals surface area contributed by atoms with Gasteiger partial charge < -0.3 is 10.3 Å². The Balaban J connectivity index is 0.00000144. The maximum Gasteiger partial charge on any atom is 0.199 e. The van der Waals surface area contributed by atoms with E-state index in [0.29, 0.717) is 35.7 Å². The van der Waals surface area contributed by atoms with Gasteiger partial charge in [-0.25, -0.2) is 14.0 Å². The lowest BCUT2D eigenvalue weighted by Crippen LogP contribution is -2.19. The van der Waals surface area contributed by atoms with Crippen LogP contribution in [0.15, 0.2) is 35.2 Å². The Morgan fingerprint density at radius 1 is 1.12 bits per heavy atom. The summed E-state index contributed by atoms with van der Waals surface area (Å²) in [6, 6.07) is 5.24. The van der Waals surface area contributed by atoms with Gasteiger partial charge in [-0.15, -0.1) is 24.8 Å². The number of benzene rings is 1. The van der Waals surface area contributed by atoms with Gasteiger partial charge in [-0.1, -0.05) is 6.07 Å². The molecule has 4 aromatic rings. The number of nitrogens with two attached hydrogens (primary N) is 1. The first-order chi connectivity index (χ1) is 14.7. The number of hydrogen-bond acceptors (Lipinski definition) is 7. The van der Waals surface area contributed by atoms with Crippen LogP contribution in [0, 0.1) is 5.82 Å². The molecule has 0 spiro atoms. The van der Waals surface area contributed by atoms with Crippen LogP contribution in [0.2, 0.25) is 0 Å². The van der Waals surface area contributed by atoms with Crippen LogP contribution < -0.4 is 5.73 Å². The van der Waals surface area contributed by atoms with Gasteiger partial charge in [-0.3, -0.25) is 9.88 Å². The minimum atomic E-state index is -0.183. The van der Waals surface area contributed by atoms with Crippen molar-refractivity contribution in [3.63, 3.8) is 0 Å². The smallest absolute Gasteiger partial charge is 0.199 e. The van der Waals surface area contributed by atoms with Crippen molar-refractivity contribution in [3.05, 3.63) is 42.0 Å². The molecular formula is C21H24Cl2FN7O. The summed E-state index contributed by atoms with van der Waals surface area (Å²) in [6.07, 6.45) is 5.83. The van der Waals surface area contributed by atoms with Gasteiger partial charge in [0.15, 0.2) is 17.3 Å². The van der Waals surface area contributed by atoms with Crippen molar-refractivity contribution in [2.24, 2.45) is 0 Å². The molecule has 32 heavy (non-hydrogen) atoms. The third kappa shape index (κ3) is 4.15. The second-order valence-electron chi connectivity index (χ2n) is 7.52. The molecule has 11 heteroatoms. The molecule has 0 saturated carbocycles. The van der Waals surface area contributed by atoms with Gasteiger partial charge in [0, 0.05) is 30.4 Å². The lowest BCUT2D eigenvalue weighted by molar-refractivity contribution is 0.310. The Morgan fingerprint density at radius 2 is 1.91 bits per heavy atom.